The van der Waals surface area contributed by atoms with Crippen molar-refractivity contribution >= 4 is 16.9 Å². The van der Waals surface area contributed by atoms with Crippen LogP contribution in [-0.4, -0.2) is 51.4 Å². The van der Waals surface area contributed by atoms with E-state index in [1.807, 2.05) is 29.5 Å². The number of aromatic nitrogens is 3. The van der Waals surface area contributed by atoms with Crippen LogP contribution in [0, 0.1) is 6.92 Å². The number of pyridine rings is 1. The van der Waals surface area contributed by atoms with Crippen molar-refractivity contribution in [3.8, 4) is 0 Å². The fourth-order valence-corrected chi connectivity index (χ4v) is 2.83. The zero-order valence-corrected chi connectivity index (χ0v) is 13.5. The van der Waals surface area contributed by atoms with E-state index in [9.17, 15) is 4.79 Å². The van der Waals surface area contributed by atoms with Gasteiger partial charge in [0.1, 0.15) is 0 Å². The molecule has 0 aromatic carbocycles. The number of amides is 1. The molecule has 6 nitrogen and oxygen atoms in total. The molecule has 0 saturated carbocycles. The summed E-state index contributed by atoms with van der Waals surface area (Å²) in [6.07, 6.45) is 1.86. The molecule has 6 heteroatoms. The molecule has 1 unspecified atom stereocenters. The molecule has 2 aromatic rings. The van der Waals surface area contributed by atoms with E-state index in [-0.39, 0.29) is 18.1 Å². The Hall–Kier alpha value is -1.95. The van der Waals surface area contributed by atoms with Crippen LogP contribution in [0.5, 0.6) is 0 Å². The standard InChI is InChI=1S/C16H22N4O2/c1-10(2)20-15-13(8-17-20)7-14(12(4)18-15)16(21)19-5-6-22-11(3)9-19/h7-8,10-11H,5-6,9H2,1-4H3. The smallest absolute Gasteiger partial charge is 0.255 e. The Bertz CT molecular complexity index is 707. The molecule has 0 bridgehead atoms. The zero-order valence-electron chi connectivity index (χ0n) is 13.5. The highest BCUT2D eigenvalue weighted by Crippen LogP contribution is 2.21. The first-order chi connectivity index (χ1) is 10.5. The minimum absolute atomic E-state index is 0.0272. The summed E-state index contributed by atoms with van der Waals surface area (Å²) in [5, 5.41) is 5.28. The van der Waals surface area contributed by atoms with E-state index in [0.29, 0.717) is 25.3 Å². The van der Waals surface area contributed by atoms with Crippen LogP contribution in [0.15, 0.2) is 12.3 Å². The lowest BCUT2D eigenvalue weighted by Gasteiger charge is -2.31. The molecule has 1 aliphatic rings. The van der Waals surface area contributed by atoms with Gasteiger partial charge in [-0.05, 0) is 33.8 Å². The molecule has 0 radical (unpaired) electrons. The highest BCUT2D eigenvalue weighted by Gasteiger charge is 2.24. The van der Waals surface area contributed by atoms with E-state index in [1.54, 1.807) is 6.20 Å². The second-order valence-corrected chi connectivity index (χ2v) is 6.15. The van der Waals surface area contributed by atoms with Gasteiger partial charge in [0.25, 0.3) is 5.91 Å². The van der Waals surface area contributed by atoms with Crippen molar-refractivity contribution in [3.63, 3.8) is 0 Å². The first-order valence-electron chi connectivity index (χ1n) is 7.73. The Balaban J connectivity index is 1.97. The number of carbonyl (C=O) groups excluding carboxylic acids is 1. The van der Waals surface area contributed by atoms with Gasteiger partial charge in [-0.2, -0.15) is 5.10 Å². The number of aryl methyl sites for hydroxylation is 1. The van der Waals surface area contributed by atoms with Gasteiger partial charge in [0.05, 0.1) is 30.2 Å². The summed E-state index contributed by atoms with van der Waals surface area (Å²) in [5.41, 5.74) is 2.24. The van der Waals surface area contributed by atoms with Crippen molar-refractivity contribution in [3.05, 3.63) is 23.5 Å². The lowest BCUT2D eigenvalue weighted by atomic mass is 10.1. The number of morpholine rings is 1. The number of rotatable bonds is 2. The van der Waals surface area contributed by atoms with E-state index in [2.05, 4.69) is 23.9 Å². The Labute approximate surface area is 130 Å². The second kappa shape index (κ2) is 5.68. The van der Waals surface area contributed by atoms with Gasteiger partial charge in [-0.3, -0.25) is 4.79 Å². The van der Waals surface area contributed by atoms with Crippen LogP contribution >= 0.6 is 0 Å². The number of hydrogen-bond acceptors (Lipinski definition) is 4. The van der Waals surface area contributed by atoms with E-state index in [4.69, 9.17) is 4.74 Å². The molecule has 1 fully saturated rings. The summed E-state index contributed by atoms with van der Waals surface area (Å²) < 4.78 is 7.38. The molecule has 1 amide bonds. The van der Waals surface area contributed by atoms with E-state index >= 15 is 0 Å². The molecule has 0 spiro atoms. The van der Waals surface area contributed by atoms with Crippen molar-refractivity contribution in [2.75, 3.05) is 19.7 Å². The van der Waals surface area contributed by atoms with Gasteiger partial charge in [-0.1, -0.05) is 0 Å². The van der Waals surface area contributed by atoms with Gasteiger partial charge in [-0.25, -0.2) is 9.67 Å². The van der Waals surface area contributed by atoms with Gasteiger partial charge in [-0.15, -0.1) is 0 Å². The molecule has 118 valence electrons. The van der Waals surface area contributed by atoms with Crippen LogP contribution in [-0.2, 0) is 4.74 Å². The normalized spacial score (nSPS) is 19.1. The molecule has 3 rings (SSSR count). The van der Waals surface area contributed by atoms with Gasteiger partial charge in [0.15, 0.2) is 5.65 Å². The third-order valence-corrected chi connectivity index (χ3v) is 4.01. The van der Waals surface area contributed by atoms with Crippen LogP contribution in [0.3, 0.4) is 0 Å². The molecule has 22 heavy (non-hydrogen) atoms. The number of nitrogens with zero attached hydrogens (tertiary/aromatic N) is 4. The summed E-state index contributed by atoms with van der Waals surface area (Å²) in [6, 6.07) is 2.15. The maximum atomic E-state index is 12.8. The van der Waals surface area contributed by atoms with E-state index in [0.717, 1.165) is 16.7 Å². The summed E-state index contributed by atoms with van der Waals surface area (Å²) >= 11 is 0. The molecular formula is C16H22N4O2. The van der Waals surface area contributed by atoms with E-state index in [1.165, 1.54) is 0 Å². The Morgan fingerprint density at radius 1 is 1.45 bits per heavy atom. The van der Waals surface area contributed by atoms with Crippen molar-refractivity contribution in [1.82, 2.24) is 19.7 Å². The lowest BCUT2D eigenvalue weighted by molar-refractivity contribution is -0.0124. The van der Waals surface area contributed by atoms with Gasteiger partial charge >= 0.3 is 0 Å². The highest BCUT2D eigenvalue weighted by atomic mass is 16.5. The van der Waals surface area contributed by atoms with Crippen LogP contribution in [0.4, 0.5) is 0 Å². The molecule has 1 saturated heterocycles. The zero-order chi connectivity index (χ0) is 15.9. The second-order valence-electron chi connectivity index (χ2n) is 6.15. The van der Waals surface area contributed by atoms with Crippen molar-refractivity contribution < 1.29 is 9.53 Å². The molecular weight excluding hydrogens is 280 g/mol. The molecule has 0 N–H and O–H groups in total. The average molecular weight is 302 g/mol. The maximum absolute atomic E-state index is 12.8. The Kier molecular flexibility index (Phi) is 3.87. The predicted octanol–water partition coefficient (Wildman–Crippen LogP) is 2.18. The van der Waals surface area contributed by atoms with Crippen molar-refractivity contribution in [2.45, 2.75) is 39.8 Å². The molecule has 3 heterocycles. The van der Waals surface area contributed by atoms with E-state index < -0.39 is 0 Å². The largest absolute Gasteiger partial charge is 0.375 e. The van der Waals surface area contributed by atoms with Crippen LogP contribution < -0.4 is 0 Å². The highest BCUT2D eigenvalue weighted by molar-refractivity contribution is 5.98. The Morgan fingerprint density at radius 2 is 2.23 bits per heavy atom. The van der Waals surface area contributed by atoms with Gasteiger partial charge in [0.2, 0.25) is 0 Å². The summed E-state index contributed by atoms with van der Waals surface area (Å²) in [6.45, 7) is 9.85. The quantitative estimate of drug-likeness (QED) is 0.853. The van der Waals surface area contributed by atoms with Crippen LogP contribution in [0.1, 0.15) is 42.9 Å². The monoisotopic (exact) mass is 302 g/mol. The lowest BCUT2D eigenvalue weighted by Crippen LogP contribution is -2.44. The van der Waals surface area contributed by atoms with Crippen LogP contribution in [0.2, 0.25) is 0 Å². The van der Waals surface area contributed by atoms with Gasteiger partial charge in [0, 0.05) is 24.5 Å². The molecule has 1 aliphatic heterocycles. The number of hydrogen-bond donors (Lipinski definition) is 0. The number of fused-ring (bicyclic) bond motifs is 1. The summed E-state index contributed by atoms with van der Waals surface area (Å²) in [7, 11) is 0. The van der Waals surface area contributed by atoms with Gasteiger partial charge < -0.3 is 9.64 Å². The van der Waals surface area contributed by atoms with Crippen molar-refractivity contribution in [1.29, 1.82) is 0 Å². The molecule has 2 aromatic heterocycles. The molecule has 1 atom stereocenters. The first-order valence-corrected chi connectivity index (χ1v) is 7.73. The summed E-state index contributed by atoms with van der Waals surface area (Å²) in [4.78, 5) is 19.2. The third-order valence-electron chi connectivity index (χ3n) is 4.01. The van der Waals surface area contributed by atoms with Crippen molar-refractivity contribution in [2.24, 2.45) is 0 Å². The number of ether oxygens (including phenoxy) is 1. The third kappa shape index (κ3) is 2.59. The SMILES string of the molecule is Cc1nc2c(cnn2C(C)C)cc1C(=O)N1CCOC(C)C1. The summed E-state index contributed by atoms with van der Waals surface area (Å²) in [5.74, 6) is 0.0272. The average Bonchev–Trinajstić information content (AvgIpc) is 2.88. The first kappa shape index (κ1) is 15.0. The van der Waals surface area contributed by atoms with Crippen LogP contribution in [0.25, 0.3) is 11.0 Å². The minimum atomic E-state index is 0.0272. The molecule has 0 aliphatic carbocycles. The number of carbonyl (C=O) groups is 1. The topological polar surface area (TPSA) is 60.2 Å². The minimum Gasteiger partial charge on any atom is -0.375 e. The Morgan fingerprint density at radius 3 is 2.91 bits per heavy atom. The maximum Gasteiger partial charge on any atom is 0.255 e. The fourth-order valence-electron chi connectivity index (χ4n) is 2.83. The predicted molar refractivity (Wildman–Crippen MR) is 84.0 cm³/mol. The fraction of sp³-hybridized carbons (Fsp3) is 0.562.